The Kier molecular flexibility index (Phi) is 4.16. The normalized spacial score (nSPS) is 16.8. The van der Waals surface area contributed by atoms with E-state index in [1.807, 2.05) is 47.9 Å². The van der Waals surface area contributed by atoms with Crippen molar-refractivity contribution in [1.29, 1.82) is 0 Å². The minimum absolute atomic E-state index is 0.453. The lowest BCUT2D eigenvalue weighted by atomic mass is 9.99. The monoisotopic (exact) mass is 393 g/mol. The SMILES string of the molecule is Cc1cc(Nc2nc(N3CCC(c4ccc(Cl)cc4)C3)nc3cccn23)n[nH]1. The van der Waals surface area contributed by atoms with Crippen LogP contribution in [-0.2, 0) is 0 Å². The summed E-state index contributed by atoms with van der Waals surface area (Å²) in [6.45, 7) is 3.78. The molecule has 1 aromatic carbocycles. The standard InChI is InChI=1S/C20H20ClN7/c1-13-11-17(26-25-13)22-20-24-19(23-18-3-2-9-28(18)20)27-10-8-15(12-27)14-4-6-16(21)7-5-14/h2-7,9,11,15H,8,10,12H2,1H3,(H2,22,23,24,25,26). The summed E-state index contributed by atoms with van der Waals surface area (Å²) in [6, 6.07) is 14.0. The maximum atomic E-state index is 6.03. The Bertz CT molecular complexity index is 1120. The third-order valence-corrected chi connectivity index (χ3v) is 5.39. The van der Waals surface area contributed by atoms with Crippen molar-refractivity contribution in [3.8, 4) is 0 Å². The Morgan fingerprint density at radius 2 is 2.04 bits per heavy atom. The predicted molar refractivity (Wildman–Crippen MR) is 111 cm³/mol. The van der Waals surface area contributed by atoms with Gasteiger partial charge in [0, 0.05) is 42.0 Å². The Balaban J connectivity index is 1.43. The lowest BCUT2D eigenvalue weighted by molar-refractivity contribution is 0.772. The van der Waals surface area contributed by atoms with Gasteiger partial charge in [0.1, 0.15) is 5.65 Å². The number of H-pyrrole nitrogens is 1. The number of halogens is 1. The molecule has 0 bridgehead atoms. The molecule has 0 aliphatic carbocycles. The lowest BCUT2D eigenvalue weighted by Gasteiger charge is -2.18. The smallest absolute Gasteiger partial charge is 0.230 e. The fraction of sp³-hybridized carbons (Fsp3) is 0.250. The third kappa shape index (κ3) is 3.18. The van der Waals surface area contributed by atoms with Crippen LogP contribution >= 0.6 is 11.6 Å². The van der Waals surface area contributed by atoms with Crippen LogP contribution in [-0.4, -0.2) is 37.7 Å². The van der Waals surface area contributed by atoms with Gasteiger partial charge in [0.05, 0.1) is 0 Å². The number of rotatable bonds is 4. The van der Waals surface area contributed by atoms with Gasteiger partial charge in [0.2, 0.25) is 11.9 Å². The molecule has 1 unspecified atom stereocenters. The first-order valence-corrected chi connectivity index (χ1v) is 9.68. The van der Waals surface area contributed by atoms with Crippen LogP contribution in [0.2, 0.25) is 5.02 Å². The predicted octanol–water partition coefficient (Wildman–Crippen LogP) is 4.15. The quantitative estimate of drug-likeness (QED) is 0.544. The van der Waals surface area contributed by atoms with Crippen molar-refractivity contribution in [3.63, 3.8) is 0 Å². The van der Waals surface area contributed by atoms with Gasteiger partial charge in [-0.2, -0.15) is 15.1 Å². The summed E-state index contributed by atoms with van der Waals surface area (Å²) in [4.78, 5) is 11.8. The van der Waals surface area contributed by atoms with Crippen LogP contribution in [0.15, 0.2) is 48.7 Å². The van der Waals surface area contributed by atoms with Gasteiger partial charge in [-0.15, -0.1) is 0 Å². The van der Waals surface area contributed by atoms with Crippen molar-refractivity contribution in [2.75, 3.05) is 23.3 Å². The van der Waals surface area contributed by atoms with E-state index in [-0.39, 0.29) is 0 Å². The second-order valence-corrected chi connectivity index (χ2v) is 7.56. The summed E-state index contributed by atoms with van der Waals surface area (Å²) in [5.74, 6) is 2.62. The number of aromatic amines is 1. The lowest BCUT2D eigenvalue weighted by Crippen LogP contribution is -2.23. The molecule has 4 aromatic rings. The number of benzene rings is 1. The summed E-state index contributed by atoms with van der Waals surface area (Å²) in [6.07, 6.45) is 3.01. The number of nitrogens with zero attached hydrogens (tertiary/aromatic N) is 5. The summed E-state index contributed by atoms with van der Waals surface area (Å²) >= 11 is 6.03. The van der Waals surface area contributed by atoms with E-state index < -0.39 is 0 Å². The first-order valence-electron chi connectivity index (χ1n) is 9.30. The van der Waals surface area contributed by atoms with Crippen molar-refractivity contribution >= 4 is 35.0 Å². The zero-order chi connectivity index (χ0) is 19.1. The molecule has 1 saturated heterocycles. The maximum absolute atomic E-state index is 6.03. The minimum Gasteiger partial charge on any atom is -0.340 e. The van der Waals surface area contributed by atoms with E-state index in [9.17, 15) is 0 Å². The molecular weight excluding hydrogens is 374 g/mol. The van der Waals surface area contributed by atoms with Crippen molar-refractivity contribution in [3.05, 3.63) is 64.9 Å². The number of aromatic nitrogens is 5. The highest BCUT2D eigenvalue weighted by atomic mass is 35.5. The van der Waals surface area contributed by atoms with Gasteiger partial charge in [-0.25, -0.2) is 0 Å². The average molecular weight is 394 g/mol. The number of fused-ring (bicyclic) bond motifs is 1. The first-order chi connectivity index (χ1) is 13.7. The molecule has 0 saturated carbocycles. The Morgan fingerprint density at radius 3 is 2.82 bits per heavy atom. The molecule has 8 heteroatoms. The van der Waals surface area contributed by atoms with Crippen LogP contribution < -0.4 is 10.2 Å². The van der Waals surface area contributed by atoms with Gasteiger partial charge in [-0.1, -0.05) is 23.7 Å². The van der Waals surface area contributed by atoms with E-state index in [2.05, 4.69) is 32.5 Å². The van der Waals surface area contributed by atoms with Crippen molar-refractivity contribution in [2.24, 2.45) is 0 Å². The summed E-state index contributed by atoms with van der Waals surface area (Å²) in [7, 11) is 0. The summed E-state index contributed by atoms with van der Waals surface area (Å²) < 4.78 is 1.93. The minimum atomic E-state index is 0.453. The van der Waals surface area contributed by atoms with E-state index >= 15 is 0 Å². The molecule has 5 rings (SSSR count). The zero-order valence-electron chi connectivity index (χ0n) is 15.4. The van der Waals surface area contributed by atoms with Crippen molar-refractivity contribution in [2.45, 2.75) is 19.3 Å². The fourth-order valence-corrected chi connectivity index (χ4v) is 3.82. The third-order valence-electron chi connectivity index (χ3n) is 5.13. The summed E-state index contributed by atoms with van der Waals surface area (Å²) in [5.41, 5.74) is 3.15. The molecule has 0 amide bonds. The molecule has 1 aliphatic rings. The van der Waals surface area contributed by atoms with Crippen molar-refractivity contribution in [1.82, 2.24) is 24.6 Å². The van der Waals surface area contributed by atoms with Crippen LogP contribution in [0.3, 0.4) is 0 Å². The molecule has 2 N–H and O–H groups in total. The van der Waals surface area contributed by atoms with E-state index in [0.717, 1.165) is 47.6 Å². The Hall–Kier alpha value is -3.06. The highest BCUT2D eigenvalue weighted by molar-refractivity contribution is 6.30. The Morgan fingerprint density at radius 1 is 1.18 bits per heavy atom. The van der Waals surface area contributed by atoms with E-state index in [4.69, 9.17) is 21.6 Å². The van der Waals surface area contributed by atoms with Gasteiger partial charge in [-0.3, -0.25) is 9.50 Å². The van der Waals surface area contributed by atoms with E-state index in [0.29, 0.717) is 11.9 Å². The molecular formula is C20H20ClN7. The molecule has 1 atom stereocenters. The highest BCUT2D eigenvalue weighted by Gasteiger charge is 2.26. The highest BCUT2D eigenvalue weighted by Crippen LogP contribution is 2.31. The van der Waals surface area contributed by atoms with Gasteiger partial charge in [0.15, 0.2) is 5.82 Å². The number of nitrogens with one attached hydrogen (secondary N) is 2. The molecule has 28 heavy (non-hydrogen) atoms. The van der Waals surface area contributed by atoms with Crippen LogP contribution in [0, 0.1) is 6.92 Å². The molecule has 1 aliphatic heterocycles. The van der Waals surface area contributed by atoms with Gasteiger partial charge >= 0.3 is 0 Å². The van der Waals surface area contributed by atoms with Gasteiger partial charge in [0.25, 0.3) is 0 Å². The molecule has 0 radical (unpaired) electrons. The largest absolute Gasteiger partial charge is 0.340 e. The van der Waals surface area contributed by atoms with Crippen LogP contribution in [0.5, 0.6) is 0 Å². The molecule has 4 heterocycles. The van der Waals surface area contributed by atoms with Crippen molar-refractivity contribution < 1.29 is 0 Å². The van der Waals surface area contributed by atoms with Crippen LogP contribution in [0.4, 0.5) is 17.7 Å². The molecule has 3 aromatic heterocycles. The van der Waals surface area contributed by atoms with E-state index in [1.165, 1.54) is 5.56 Å². The van der Waals surface area contributed by atoms with Gasteiger partial charge < -0.3 is 10.2 Å². The topological polar surface area (TPSA) is 74.1 Å². The molecule has 0 spiro atoms. The molecule has 142 valence electrons. The first kappa shape index (κ1) is 17.1. The van der Waals surface area contributed by atoms with E-state index in [1.54, 1.807) is 0 Å². The molecule has 1 fully saturated rings. The zero-order valence-corrected chi connectivity index (χ0v) is 16.2. The summed E-state index contributed by atoms with van der Waals surface area (Å²) in [5, 5.41) is 11.3. The maximum Gasteiger partial charge on any atom is 0.230 e. The molecule has 7 nitrogen and oxygen atoms in total. The number of hydrogen-bond donors (Lipinski definition) is 2. The fourth-order valence-electron chi connectivity index (χ4n) is 3.69. The van der Waals surface area contributed by atoms with Crippen LogP contribution in [0.1, 0.15) is 23.6 Å². The number of anilines is 3. The number of aryl methyl sites for hydroxylation is 1. The Labute approximate surface area is 167 Å². The van der Waals surface area contributed by atoms with Gasteiger partial charge in [-0.05, 0) is 43.2 Å². The van der Waals surface area contributed by atoms with Crippen LogP contribution in [0.25, 0.3) is 5.65 Å². The average Bonchev–Trinajstić information content (AvgIpc) is 3.43. The number of hydrogen-bond acceptors (Lipinski definition) is 5. The second kappa shape index (κ2) is 6.83. The second-order valence-electron chi connectivity index (χ2n) is 7.13.